The standard InChI is InChI=1S/C20H19N3O2S2/c1-12(11-21)26-20-22-18-17(15-8-3-4-9-16(15)27-18)19(24)23(20)13-6-5-7-14(10-13)25-2/h5-7,10,12H,3-4,8-9H2,1-2H3/t12-/m1/s1. The average molecular weight is 398 g/mol. The minimum absolute atomic E-state index is 0.0553. The number of aryl methyl sites for hydroxylation is 2. The van der Waals surface area contributed by atoms with Crippen LogP contribution in [0.4, 0.5) is 0 Å². The van der Waals surface area contributed by atoms with Gasteiger partial charge in [0, 0.05) is 10.9 Å². The van der Waals surface area contributed by atoms with Crippen LogP contribution >= 0.6 is 23.1 Å². The number of nitrogens with zero attached hydrogens (tertiary/aromatic N) is 3. The van der Waals surface area contributed by atoms with Crippen LogP contribution in [-0.2, 0) is 12.8 Å². The molecule has 0 fully saturated rings. The van der Waals surface area contributed by atoms with Gasteiger partial charge >= 0.3 is 0 Å². The summed E-state index contributed by atoms with van der Waals surface area (Å²) in [5, 5.41) is 10.2. The van der Waals surface area contributed by atoms with Crippen molar-refractivity contribution in [3.63, 3.8) is 0 Å². The molecule has 1 aliphatic rings. The van der Waals surface area contributed by atoms with E-state index in [1.807, 2.05) is 31.2 Å². The molecule has 0 bridgehead atoms. The van der Waals surface area contributed by atoms with Gasteiger partial charge in [0.05, 0.1) is 29.5 Å². The van der Waals surface area contributed by atoms with E-state index in [9.17, 15) is 10.1 Å². The molecule has 5 nitrogen and oxygen atoms in total. The number of aromatic nitrogens is 2. The van der Waals surface area contributed by atoms with Crippen molar-refractivity contribution in [3.8, 4) is 17.5 Å². The van der Waals surface area contributed by atoms with Gasteiger partial charge in [0.25, 0.3) is 5.56 Å². The van der Waals surface area contributed by atoms with Crippen LogP contribution in [0.2, 0.25) is 0 Å². The van der Waals surface area contributed by atoms with Crippen molar-refractivity contribution in [3.05, 3.63) is 45.1 Å². The zero-order valence-electron chi connectivity index (χ0n) is 15.2. The van der Waals surface area contributed by atoms with Gasteiger partial charge in [-0.1, -0.05) is 17.8 Å². The predicted octanol–water partition coefficient (Wildman–Crippen LogP) is 4.34. The Labute approximate surface area is 165 Å². The largest absolute Gasteiger partial charge is 0.497 e. The Kier molecular flexibility index (Phi) is 4.94. The van der Waals surface area contributed by atoms with Gasteiger partial charge in [0.15, 0.2) is 5.16 Å². The van der Waals surface area contributed by atoms with Crippen molar-refractivity contribution in [2.24, 2.45) is 0 Å². The second-order valence-corrected chi connectivity index (χ2v) is 8.91. The molecule has 3 aromatic rings. The second-order valence-electron chi connectivity index (χ2n) is 6.52. The number of thioether (sulfide) groups is 1. The van der Waals surface area contributed by atoms with E-state index in [0.717, 1.165) is 35.9 Å². The summed E-state index contributed by atoms with van der Waals surface area (Å²) in [5.41, 5.74) is 1.82. The minimum Gasteiger partial charge on any atom is -0.497 e. The molecule has 4 rings (SSSR count). The van der Waals surface area contributed by atoms with E-state index < -0.39 is 0 Å². The summed E-state index contributed by atoms with van der Waals surface area (Å²) in [7, 11) is 1.60. The van der Waals surface area contributed by atoms with E-state index in [0.29, 0.717) is 16.6 Å². The molecule has 27 heavy (non-hydrogen) atoms. The van der Waals surface area contributed by atoms with Gasteiger partial charge < -0.3 is 4.74 Å². The monoisotopic (exact) mass is 397 g/mol. The molecule has 0 aliphatic heterocycles. The molecule has 1 aliphatic carbocycles. The molecule has 2 heterocycles. The fourth-order valence-corrected chi connectivity index (χ4v) is 5.54. The molecule has 0 amide bonds. The number of hydrogen-bond donors (Lipinski definition) is 0. The van der Waals surface area contributed by atoms with Gasteiger partial charge in [0.2, 0.25) is 0 Å². The number of rotatable bonds is 4. The molecule has 0 radical (unpaired) electrons. The highest BCUT2D eigenvalue weighted by molar-refractivity contribution is 8.00. The lowest BCUT2D eigenvalue weighted by Crippen LogP contribution is -2.22. The lowest BCUT2D eigenvalue weighted by molar-refractivity contribution is 0.414. The van der Waals surface area contributed by atoms with Crippen molar-refractivity contribution in [2.45, 2.75) is 43.0 Å². The second kappa shape index (κ2) is 7.37. The van der Waals surface area contributed by atoms with Crippen molar-refractivity contribution in [2.75, 3.05) is 7.11 Å². The van der Waals surface area contributed by atoms with E-state index >= 15 is 0 Å². The van der Waals surface area contributed by atoms with Crippen molar-refractivity contribution in [1.82, 2.24) is 9.55 Å². The van der Waals surface area contributed by atoms with Crippen molar-refractivity contribution >= 4 is 33.3 Å². The Bertz CT molecular complexity index is 1110. The summed E-state index contributed by atoms with van der Waals surface area (Å²) in [6, 6.07) is 9.62. The van der Waals surface area contributed by atoms with E-state index in [2.05, 4.69) is 6.07 Å². The molecule has 0 spiro atoms. The molecule has 0 N–H and O–H groups in total. The van der Waals surface area contributed by atoms with Crippen LogP contribution in [0.3, 0.4) is 0 Å². The van der Waals surface area contributed by atoms with Crippen LogP contribution in [0, 0.1) is 11.3 Å². The lowest BCUT2D eigenvalue weighted by atomic mass is 9.97. The SMILES string of the molecule is COc1cccc(-n2c(S[C@H](C)C#N)nc3sc4c(c3c2=O)CCCC4)c1. The van der Waals surface area contributed by atoms with Gasteiger partial charge in [-0.2, -0.15) is 5.26 Å². The van der Waals surface area contributed by atoms with Crippen LogP contribution < -0.4 is 10.3 Å². The van der Waals surface area contributed by atoms with Crippen LogP contribution in [0.25, 0.3) is 15.9 Å². The smallest absolute Gasteiger partial charge is 0.267 e. The Morgan fingerprint density at radius 1 is 1.37 bits per heavy atom. The Morgan fingerprint density at radius 2 is 2.19 bits per heavy atom. The first-order valence-electron chi connectivity index (χ1n) is 8.90. The molecular formula is C20H19N3O2S2. The number of ether oxygens (including phenoxy) is 1. The first kappa shape index (κ1) is 18.1. The number of fused-ring (bicyclic) bond motifs is 3. The van der Waals surface area contributed by atoms with Crippen LogP contribution in [0.1, 0.15) is 30.2 Å². The quantitative estimate of drug-likeness (QED) is 0.484. The van der Waals surface area contributed by atoms with Crippen LogP contribution in [0.15, 0.2) is 34.2 Å². The number of benzene rings is 1. The summed E-state index contributed by atoms with van der Waals surface area (Å²) in [6.07, 6.45) is 4.23. The fraction of sp³-hybridized carbons (Fsp3) is 0.350. The number of hydrogen-bond acceptors (Lipinski definition) is 6. The maximum Gasteiger partial charge on any atom is 0.267 e. The third-order valence-corrected chi connectivity index (χ3v) is 6.86. The summed E-state index contributed by atoms with van der Waals surface area (Å²) in [6.45, 7) is 1.82. The highest BCUT2D eigenvalue weighted by Crippen LogP contribution is 2.35. The van der Waals surface area contributed by atoms with Gasteiger partial charge in [-0.05, 0) is 50.3 Å². The zero-order chi connectivity index (χ0) is 19.0. The van der Waals surface area contributed by atoms with Crippen molar-refractivity contribution in [1.29, 1.82) is 5.26 Å². The summed E-state index contributed by atoms with van der Waals surface area (Å²) < 4.78 is 6.96. The van der Waals surface area contributed by atoms with E-state index in [1.165, 1.54) is 22.2 Å². The van der Waals surface area contributed by atoms with Crippen molar-refractivity contribution < 1.29 is 4.74 Å². The molecule has 7 heteroatoms. The third-order valence-electron chi connectivity index (χ3n) is 4.73. The Hall–Kier alpha value is -2.30. The number of thiophene rings is 1. The Balaban J connectivity index is 2.01. The fourth-order valence-electron chi connectivity index (χ4n) is 3.43. The zero-order valence-corrected chi connectivity index (χ0v) is 16.8. The number of methoxy groups -OCH3 is 1. The van der Waals surface area contributed by atoms with Crippen LogP contribution in [-0.4, -0.2) is 21.9 Å². The average Bonchev–Trinajstić information content (AvgIpc) is 3.06. The molecule has 0 unspecified atom stereocenters. The molecular weight excluding hydrogens is 378 g/mol. The maximum atomic E-state index is 13.5. The summed E-state index contributed by atoms with van der Waals surface area (Å²) >= 11 is 2.94. The summed E-state index contributed by atoms with van der Waals surface area (Å²) in [5.74, 6) is 0.677. The molecule has 1 aromatic carbocycles. The van der Waals surface area contributed by atoms with E-state index in [1.54, 1.807) is 23.0 Å². The highest BCUT2D eigenvalue weighted by Gasteiger charge is 2.23. The minimum atomic E-state index is -0.305. The Morgan fingerprint density at radius 3 is 2.96 bits per heavy atom. The molecule has 2 aromatic heterocycles. The first-order valence-corrected chi connectivity index (χ1v) is 10.6. The molecule has 1 atom stereocenters. The van der Waals surface area contributed by atoms with Gasteiger partial charge in [-0.25, -0.2) is 4.98 Å². The molecule has 0 saturated heterocycles. The first-order chi connectivity index (χ1) is 13.1. The lowest BCUT2D eigenvalue weighted by Gasteiger charge is -2.14. The molecule has 138 valence electrons. The van der Waals surface area contributed by atoms with Gasteiger partial charge in [-0.15, -0.1) is 11.3 Å². The van der Waals surface area contributed by atoms with Gasteiger partial charge in [0.1, 0.15) is 10.6 Å². The molecule has 0 saturated carbocycles. The topological polar surface area (TPSA) is 67.9 Å². The summed E-state index contributed by atoms with van der Waals surface area (Å²) in [4.78, 5) is 20.4. The highest BCUT2D eigenvalue weighted by atomic mass is 32.2. The van der Waals surface area contributed by atoms with Gasteiger partial charge in [-0.3, -0.25) is 9.36 Å². The van der Waals surface area contributed by atoms with E-state index in [4.69, 9.17) is 9.72 Å². The predicted molar refractivity (Wildman–Crippen MR) is 109 cm³/mol. The normalized spacial score (nSPS) is 14.6. The van der Waals surface area contributed by atoms with E-state index in [-0.39, 0.29) is 10.8 Å². The van der Waals surface area contributed by atoms with Crippen LogP contribution in [0.5, 0.6) is 5.75 Å². The number of nitriles is 1. The third kappa shape index (κ3) is 3.24. The maximum absolute atomic E-state index is 13.5.